The highest BCUT2D eigenvalue weighted by molar-refractivity contribution is 7.19. The summed E-state index contributed by atoms with van der Waals surface area (Å²) in [5, 5.41) is 13.8. The number of nitrogens with one attached hydrogen (secondary N) is 1. The Kier molecular flexibility index (Phi) is 4.01. The van der Waals surface area contributed by atoms with Gasteiger partial charge in [0.2, 0.25) is 0 Å². The van der Waals surface area contributed by atoms with E-state index in [-0.39, 0.29) is 5.92 Å². The van der Waals surface area contributed by atoms with Crippen LogP contribution in [0.2, 0.25) is 0 Å². The summed E-state index contributed by atoms with van der Waals surface area (Å²) in [7, 11) is 1.65. The summed E-state index contributed by atoms with van der Waals surface area (Å²) < 4.78 is 5.57. The zero-order valence-electron chi connectivity index (χ0n) is 15.2. The SMILES string of the molecule is COc1cc2c(cc1Nc1ncnc3sc4c(c13)CCC(C(=O)O)C4)C=NC2. The summed E-state index contributed by atoms with van der Waals surface area (Å²) in [6.07, 6.45) is 5.34. The Balaban J connectivity index is 1.58. The summed E-state index contributed by atoms with van der Waals surface area (Å²) in [6.45, 7) is 0.673. The largest absolute Gasteiger partial charge is 0.495 e. The Morgan fingerprint density at radius 1 is 1.36 bits per heavy atom. The van der Waals surface area contributed by atoms with Crippen LogP contribution in [-0.4, -0.2) is 34.4 Å². The minimum Gasteiger partial charge on any atom is -0.495 e. The van der Waals surface area contributed by atoms with Crippen molar-refractivity contribution < 1.29 is 14.6 Å². The first-order chi connectivity index (χ1) is 13.6. The lowest BCUT2D eigenvalue weighted by atomic mass is 9.88. The van der Waals surface area contributed by atoms with Gasteiger partial charge in [-0.1, -0.05) is 0 Å². The van der Waals surface area contributed by atoms with Crippen molar-refractivity contribution in [2.24, 2.45) is 10.9 Å². The molecule has 2 aromatic heterocycles. The average Bonchev–Trinajstić information content (AvgIpc) is 3.30. The number of carbonyl (C=O) groups is 1. The monoisotopic (exact) mass is 394 g/mol. The summed E-state index contributed by atoms with van der Waals surface area (Å²) in [6, 6.07) is 4.03. The fourth-order valence-electron chi connectivity index (χ4n) is 3.95. The number of methoxy groups -OCH3 is 1. The molecule has 1 aliphatic carbocycles. The van der Waals surface area contributed by atoms with Gasteiger partial charge in [-0.2, -0.15) is 0 Å². The molecule has 7 nitrogen and oxygen atoms in total. The molecule has 0 fully saturated rings. The van der Waals surface area contributed by atoms with Crippen molar-refractivity contribution in [2.45, 2.75) is 25.8 Å². The first kappa shape index (κ1) is 17.1. The van der Waals surface area contributed by atoms with Crippen molar-refractivity contribution in [3.8, 4) is 5.75 Å². The van der Waals surface area contributed by atoms with Gasteiger partial charge in [0.25, 0.3) is 0 Å². The molecule has 0 saturated carbocycles. The average molecular weight is 394 g/mol. The molecule has 1 aliphatic heterocycles. The molecule has 3 heterocycles. The number of aryl methyl sites for hydroxylation is 1. The lowest BCUT2D eigenvalue weighted by molar-refractivity contribution is -0.142. The van der Waals surface area contributed by atoms with Crippen molar-refractivity contribution in [1.29, 1.82) is 0 Å². The molecule has 8 heteroatoms. The molecule has 2 N–H and O–H groups in total. The molecule has 5 rings (SSSR count). The van der Waals surface area contributed by atoms with Crippen molar-refractivity contribution in [2.75, 3.05) is 12.4 Å². The van der Waals surface area contributed by atoms with Crippen LogP contribution in [0.1, 0.15) is 28.0 Å². The zero-order valence-corrected chi connectivity index (χ0v) is 16.0. The van der Waals surface area contributed by atoms with E-state index in [2.05, 4.69) is 20.3 Å². The third-order valence-electron chi connectivity index (χ3n) is 5.40. The molecule has 0 saturated heterocycles. The van der Waals surface area contributed by atoms with Gasteiger partial charge in [-0.05, 0) is 48.1 Å². The van der Waals surface area contributed by atoms with Crippen LogP contribution >= 0.6 is 11.3 Å². The molecule has 0 amide bonds. The van der Waals surface area contributed by atoms with E-state index in [9.17, 15) is 9.90 Å². The number of carboxylic acid groups (broad SMARTS) is 1. The number of fused-ring (bicyclic) bond motifs is 4. The fraction of sp³-hybridized carbons (Fsp3) is 0.300. The molecular formula is C20H18N4O3S. The maximum Gasteiger partial charge on any atom is 0.306 e. The summed E-state index contributed by atoms with van der Waals surface area (Å²) in [5.74, 6) is 0.425. The molecule has 28 heavy (non-hydrogen) atoms. The van der Waals surface area contributed by atoms with Crippen LogP contribution in [0.4, 0.5) is 11.5 Å². The highest BCUT2D eigenvalue weighted by Gasteiger charge is 2.29. The predicted molar refractivity (Wildman–Crippen MR) is 108 cm³/mol. The third kappa shape index (κ3) is 2.72. The Morgan fingerprint density at radius 3 is 3.07 bits per heavy atom. The lowest BCUT2D eigenvalue weighted by Gasteiger charge is -2.19. The highest BCUT2D eigenvalue weighted by atomic mass is 32.1. The van der Waals surface area contributed by atoms with Crippen molar-refractivity contribution in [1.82, 2.24) is 9.97 Å². The van der Waals surface area contributed by atoms with Crippen LogP contribution in [0, 0.1) is 5.92 Å². The number of hydrogen-bond donors (Lipinski definition) is 2. The number of benzene rings is 1. The number of aromatic nitrogens is 2. The van der Waals surface area contributed by atoms with E-state index in [0.29, 0.717) is 19.4 Å². The number of carboxylic acids is 1. The third-order valence-corrected chi connectivity index (χ3v) is 6.56. The van der Waals surface area contributed by atoms with Gasteiger partial charge < -0.3 is 15.2 Å². The van der Waals surface area contributed by atoms with E-state index in [1.54, 1.807) is 24.8 Å². The maximum atomic E-state index is 11.4. The Hall–Kier alpha value is -3.00. The second-order valence-electron chi connectivity index (χ2n) is 7.03. The number of hydrogen-bond acceptors (Lipinski definition) is 7. The van der Waals surface area contributed by atoms with E-state index >= 15 is 0 Å². The maximum absolute atomic E-state index is 11.4. The number of aliphatic imine (C=N–C) groups is 1. The van der Waals surface area contributed by atoms with Gasteiger partial charge >= 0.3 is 5.97 Å². The summed E-state index contributed by atoms with van der Waals surface area (Å²) >= 11 is 1.57. The summed E-state index contributed by atoms with van der Waals surface area (Å²) in [4.78, 5) is 26.6. The van der Waals surface area contributed by atoms with Gasteiger partial charge in [-0.15, -0.1) is 11.3 Å². The highest BCUT2D eigenvalue weighted by Crippen LogP contribution is 2.41. The van der Waals surface area contributed by atoms with E-state index in [4.69, 9.17) is 4.74 Å². The molecule has 2 aliphatic rings. The van der Waals surface area contributed by atoms with Gasteiger partial charge in [0.1, 0.15) is 22.7 Å². The van der Waals surface area contributed by atoms with Gasteiger partial charge in [0.05, 0.1) is 30.6 Å². The first-order valence-electron chi connectivity index (χ1n) is 9.10. The first-order valence-corrected chi connectivity index (χ1v) is 9.91. The molecule has 0 bridgehead atoms. The Bertz CT molecular complexity index is 1140. The van der Waals surface area contributed by atoms with Crippen molar-refractivity contribution in [3.63, 3.8) is 0 Å². The molecule has 1 atom stereocenters. The van der Waals surface area contributed by atoms with Crippen LogP contribution in [0.15, 0.2) is 23.5 Å². The van der Waals surface area contributed by atoms with Crippen molar-refractivity contribution >= 4 is 45.2 Å². The van der Waals surface area contributed by atoms with Gasteiger partial charge in [-0.25, -0.2) is 9.97 Å². The number of ether oxygens (including phenoxy) is 1. The van der Waals surface area contributed by atoms with E-state index in [0.717, 1.165) is 49.9 Å². The number of aliphatic carboxylic acids is 1. The minimum atomic E-state index is -0.725. The molecule has 3 aromatic rings. The van der Waals surface area contributed by atoms with E-state index in [1.165, 1.54) is 5.56 Å². The minimum absolute atomic E-state index is 0.318. The smallest absolute Gasteiger partial charge is 0.306 e. The number of anilines is 2. The van der Waals surface area contributed by atoms with E-state index in [1.807, 2.05) is 18.3 Å². The van der Waals surface area contributed by atoms with Crippen LogP contribution in [0.25, 0.3) is 10.2 Å². The second kappa shape index (κ2) is 6.56. The molecular weight excluding hydrogens is 376 g/mol. The van der Waals surface area contributed by atoms with Crippen LogP contribution in [0.3, 0.4) is 0 Å². The standard InChI is InChI=1S/C20H18N4O3S/c1-27-15-5-12-8-21-7-11(12)4-14(15)24-18-17-13-3-2-10(20(25)26)6-16(13)28-19(17)23-9-22-18/h4-5,7,9-10H,2-3,6,8H2,1H3,(H,25,26)(H,22,23,24). The van der Waals surface area contributed by atoms with Crippen LogP contribution < -0.4 is 10.1 Å². The predicted octanol–water partition coefficient (Wildman–Crippen LogP) is 3.57. The fourth-order valence-corrected chi connectivity index (χ4v) is 5.22. The molecule has 142 valence electrons. The Morgan fingerprint density at radius 2 is 2.25 bits per heavy atom. The van der Waals surface area contributed by atoms with E-state index < -0.39 is 5.97 Å². The zero-order chi connectivity index (χ0) is 19.3. The molecule has 0 radical (unpaired) electrons. The second-order valence-corrected chi connectivity index (χ2v) is 8.11. The quantitative estimate of drug-likeness (QED) is 0.702. The molecule has 1 unspecified atom stereocenters. The summed E-state index contributed by atoms with van der Waals surface area (Å²) in [5.41, 5.74) is 4.21. The number of thiophene rings is 1. The topological polar surface area (TPSA) is 96.7 Å². The van der Waals surface area contributed by atoms with Gasteiger partial charge in [0, 0.05) is 11.1 Å². The normalized spacial score (nSPS) is 17.4. The van der Waals surface area contributed by atoms with Crippen LogP contribution in [0.5, 0.6) is 5.75 Å². The molecule has 1 aromatic carbocycles. The number of nitrogens with zero attached hydrogens (tertiary/aromatic N) is 3. The Labute approximate surface area is 165 Å². The van der Waals surface area contributed by atoms with Crippen molar-refractivity contribution in [3.05, 3.63) is 40.0 Å². The van der Waals surface area contributed by atoms with Gasteiger partial charge in [0.15, 0.2) is 0 Å². The number of rotatable bonds is 4. The molecule has 0 spiro atoms. The van der Waals surface area contributed by atoms with Crippen LogP contribution in [-0.2, 0) is 24.2 Å². The van der Waals surface area contributed by atoms with Gasteiger partial charge in [-0.3, -0.25) is 9.79 Å². The lowest BCUT2D eigenvalue weighted by Crippen LogP contribution is -2.21.